The summed E-state index contributed by atoms with van der Waals surface area (Å²) < 4.78 is 16.1. The first kappa shape index (κ1) is 23.1. The molecule has 0 saturated heterocycles. The van der Waals surface area contributed by atoms with Crippen molar-refractivity contribution in [3.8, 4) is 5.69 Å². The third kappa shape index (κ3) is 4.83. The zero-order valence-electron chi connectivity index (χ0n) is 18.5. The Bertz CT molecular complexity index is 1230. The number of nitrogens with zero attached hydrogens (tertiary/aromatic N) is 4. The van der Waals surface area contributed by atoms with Gasteiger partial charge in [0, 0.05) is 19.2 Å². The summed E-state index contributed by atoms with van der Waals surface area (Å²) >= 11 is 0. The zero-order chi connectivity index (χ0) is 23.4. The van der Waals surface area contributed by atoms with Gasteiger partial charge in [0.25, 0.3) is 11.5 Å². The highest BCUT2D eigenvalue weighted by Gasteiger charge is 2.24. The summed E-state index contributed by atoms with van der Waals surface area (Å²) in [6.07, 6.45) is 0. The van der Waals surface area contributed by atoms with E-state index in [1.807, 2.05) is 25.1 Å². The van der Waals surface area contributed by atoms with Gasteiger partial charge in [0.05, 0.1) is 11.7 Å². The van der Waals surface area contributed by atoms with Gasteiger partial charge < -0.3 is 10.2 Å². The summed E-state index contributed by atoms with van der Waals surface area (Å²) in [7, 11) is 3.70. The van der Waals surface area contributed by atoms with Crippen LogP contribution in [0.2, 0.25) is 0 Å². The smallest absolute Gasteiger partial charge is 0.349 e. The van der Waals surface area contributed by atoms with Crippen molar-refractivity contribution in [1.82, 2.24) is 24.6 Å². The molecule has 0 bridgehead atoms. The van der Waals surface area contributed by atoms with Gasteiger partial charge in [-0.15, -0.1) is 0 Å². The standard InChI is InChI=1S/C23H26FN5O3/c1-15-10-11-18(14-19(15)24)29-23(32)28(16(2)17-8-6-5-7-9-17)22(31)20(26-29)21(30)25-12-13-27(3)4/h5-11,14,16H,12-13H2,1-4H3,(H,25,30)/t16-/m0/s1. The van der Waals surface area contributed by atoms with Gasteiger partial charge in [-0.05, 0) is 45.1 Å². The molecule has 1 N–H and O–H groups in total. The molecular formula is C23H26FN5O3. The van der Waals surface area contributed by atoms with Crippen molar-refractivity contribution < 1.29 is 9.18 Å². The summed E-state index contributed by atoms with van der Waals surface area (Å²) in [4.78, 5) is 41.1. The molecule has 0 aliphatic heterocycles. The van der Waals surface area contributed by atoms with E-state index in [9.17, 15) is 18.8 Å². The van der Waals surface area contributed by atoms with Crippen molar-refractivity contribution in [2.24, 2.45) is 0 Å². The number of benzene rings is 2. The van der Waals surface area contributed by atoms with Crippen molar-refractivity contribution in [2.75, 3.05) is 27.2 Å². The first-order valence-corrected chi connectivity index (χ1v) is 10.2. The van der Waals surface area contributed by atoms with E-state index in [4.69, 9.17) is 0 Å². The van der Waals surface area contributed by atoms with E-state index in [0.29, 0.717) is 24.2 Å². The van der Waals surface area contributed by atoms with E-state index >= 15 is 0 Å². The lowest BCUT2D eigenvalue weighted by atomic mass is 10.1. The number of halogens is 1. The second-order valence-corrected chi connectivity index (χ2v) is 7.80. The van der Waals surface area contributed by atoms with Crippen molar-refractivity contribution in [2.45, 2.75) is 19.9 Å². The minimum atomic E-state index is -0.808. The SMILES string of the molecule is Cc1ccc(-n2nc(C(=O)NCCN(C)C)c(=O)n([C@@H](C)c3ccccc3)c2=O)cc1F. The molecule has 0 saturated carbocycles. The molecule has 32 heavy (non-hydrogen) atoms. The fraction of sp³-hybridized carbons (Fsp3) is 0.304. The Balaban J connectivity index is 2.19. The van der Waals surface area contributed by atoms with E-state index in [1.165, 1.54) is 12.1 Å². The highest BCUT2D eigenvalue weighted by molar-refractivity contribution is 5.91. The minimum absolute atomic E-state index is 0.120. The van der Waals surface area contributed by atoms with Crippen LogP contribution in [-0.2, 0) is 0 Å². The zero-order valence-corrected chi connectivity index (χ0v) is 18.5. The van der Waals surface area contributed by atoms with Crippen LogP contribution in [0.1, 0.15) is 34.6 Å². The quantitative estimate of drug-likeness (QED) is 0.606. The Morgan fingerprint density at radius 3 is 2.47 bits per heavy atom. The molecule has 3 rings (SSSR count). The molecule has 0 aliphatic carbocycles. The molecule has 1 amide bonds. The molecule has 9 heteroatoms. The molecule has 1 aromatic heterocycles. The van der Waals surface area contributed by atoms with E-state index < -0.39 is 34.7 Å². The molecule has 0 radical (unpaired) electrons. The monoisotopic (exact) mass is 439 g/mol. The van der Waals surface area contributed by atoms with Crippen LogP contribution in [0, 0.1) is 12.7 Å². The van der Waals surface area contributed by atoms with Gasteiger partial charge in [0.2, 0.25) is 5.69 Å². The predicted molar refractivity (Wildman–Crippen MR) is 120 cm³/mol. The number of aryl methyl sites for hydroxylation is 1. The summed E-state index contributed by atoms with van der Waals surface area (Å²) in [6, 6.07) is 12.5. The van der Waals surface area contributed by atoms with Crippen LogP contribution < -0.4 is 16.6 Å². The summed E-state index contributed by atoms with van der Waals surface area (Å²) in [5.41, 5.74) is -0.786. The second-order valence-electron chi connectivity index (χ2n) is 7.80. The van der Waals surface area contributed by atoms with Gasteiger partial charge in [0.1, 0.15) is 5.82 Å². The van der Waals surface area contributed by atoms with Gasteiger partial charge in [0.15, 0.2) is 0 Å². The van der Waals surface area contributed by atoms with Gasteiger partial charge in [-0.2, -0.15) is 9.78 Å². The Morgan fingerprint density at radius 2 is 1.84 bits per heavy atom. The maximum absolute atomic E-state index is 14.2. The minimum Gasteiger partial charge on any atom is -0.349 e. The van der Waals surface area contributed by atoms with E-state index in [0.717, 1.165) is 15.3 Å². The lowest BCUT2D eigenvalue weighted by molar-refractivity contribution is 0.0941. The third-order valence-electron chi connectivity index (χ3n) is 5.14. The number of carbonyl (C=O) groups is 1. The molecule has 0 spiro atoms. The van der Waals surface area contributed by atoms with Crippen LogP contribution in [-0.4, -0.2) is 52.3 Å². The molecule has 2 aromatic carbocycles. The molecule has 1 heterocycles. The average molecular weight is 439 g/mol. The van der Waals surface area contributed by atoms with E-state index in [1.54, 1.807) is 38.1 Å². The van der Waals surface area contributed by atoms with Gasteiger partial charge in [-0.1, -0.05) is 36.4 Å². The van der Waals surface area contributed by atoms with Crippen LogP contribution in [0.25, 0.3) is 5.69 Å². The number of nitrogens with one attached hydrogen (secondary N) is 1. The van der Waals surface area contributed by atoms with Crippen molar-refractivity contribution in [1.29, 1.82) is 0 Å². The molecule has 3 aromatic rings. The third-order valence-corrected chi connectivity index (χ3v) is 5.14. The lowest BCUT2D eigenvalue weighted by Crippen LogP contribution is -2.47. The first-order valence-electron chi connectivity index (χ1n) is 10.2. The van der Waals surface area contributed by atoms with Crippen LogP contribution in [0.5, 0.6) is 0 Å². The van der Waals surface area contributed by atoms with Gasteiger partial charge in [-0.3, -0.25) is 9.59 Å². The summed E-state index contributed by atoms with van der Waals surface area (Å²) in [6.45, 7) is 4.13. The fourth-order valence-corrected chi connectivity index (χ4v) is 3.21. The van der Waals surface area contributed by atoms with E-state index in [-0.39, 0.29) is 5.69 Å². The Labute approximate surface area is 184 Å². The molecule has 0 unspecified atom stereocenters. The van der Waals surface area contributed by atoms with E-state index in [2.05, 4.69) is 10.4 Å². The van der Waals surface area contributed by atoms with Crippen LogP contribution in [0.4, 0.5) is 4.39 Å². The fourth-order valence-electron chi connectivity index (χ4n) is 3.21. The number of aromatic nitrogens is 3. The highest BCUT2D eigenvalue weighted by Crippen LogP contribution is 2.15. The number of hydrogen-bond acceptors (Lipinski definition) is 5. The van der Waals surface area contributed by atoms with Crippen LogP contribution >= 0.6 is 0 Å². The van der Waals surface area contributed by atoms with Crippen LogP contribution in [0.3, 0.4) is 0 Å². The topological polar surface area (TPSA) is 89.2 Å². The largest absolute Gasteiger partial charge is 0.352 e. The summed E-state index contributed by atoms with van der Waals surface area (Å²) in [5, 5.41) is 6.68. The second kappa shape index (κ2) is 9.69. The molecule has 8 nitrogen and oxygen atoms in total. The molecule has 0 fully saturated rings. The van der Waals surface area contributed by atoms with Crippen molar-refractivity contribution >= 4 is 5.91 Å². The Morgan fingerprint density at radius 1 is 1.16 bits per heavy atom. The summed E-state index contributed by atoms with van der Waals surface area (Å²) in [5.74, 6) is -1.23. The van der Waals surface area contributed by atoms with Crippen molar-refractivity contribution in [3.05, 3.63) is 92.0 Å². The molecule has 1 atom stereocenters. The Kier molecular flexibility index (Phi) is 6.99. The highest BCUT2D eigenvalue weighted by atomic mass is 19.1. The number of rotatable bonds is 7. The maximum Gasteiger partial charge on any atom is 0.352 e. The van der Waals surface area contributed by atoms with Gasteiger partial charge in [-0.25, -0.2) is 13.8 Å². The number of carbonyl (C=O) groups excluding carboxylic acids is 1. The first-order chi connectivity index (χ1) is 15.2. The lowest BCUT2D eigenvalue weighted by Gasteiger charge is -2.18. The van der Waals surface area contributed by atoms with Crippen LogP contribution in [0.15, 0.2) is 58.1 Å². The average Bonchev–Trinajstić information content (AvgIpc) is 2.76. The number of amides is 1. The number of likely N-dealkylation sites (N-methyl/N-ethyl adjacent to an activating group) is 1. The molecular weight excluding hydrogens is 413 g/mol. The Hall–Kier alpha value is -3.59. The molecule has 0 aliphatic rings. The normalized spacial score (nSPS) is 12.1. The number of hydrogen-bond donors (Lipinski definition) is 1. The van der Waals surface area contributed by atoms with Gasteiger partial charge >= 0.3 is 5.69 Å². The maximum atomic E-state index is 14.2. The van der Waals surface area contributed by atoms with Crippen molar-refractivity contribution in [3.63, 3.8) is 0 Å². The predicted octanol–water partition coefficient (Wildman–Crippen LogP) is 1.74. The molecule has 168 valence electrons.